The lowest BCUT2D eigenvalue weighted by molar-refractivity contribution is 0.618. The number of benzene rings is 1. The maximum absolute atomic E-state index is 13.8. The molecule has 4 nitrogen and oxygen atoms in total. The summed E-state index contributed by atoms with van der Waals surface area (Å²) in [7, 11) is 3.62. The molecule has 0 saturated carbocycles. The lowest BCUT2D eigenvalue weighted by Crippen LogP contribution is -2.12. The zero-order valence-corrected chi connectivity index (χ0v) is 10.1. The molecule has 5 heteroatoms. The maximum Gasteiger partial charge on any atom is 0.132 e. The molecule has 0 aliphatic heterocycles. The second kappa shape index (κ2) is 4.63. The van der Waals surface area contributed by atoms with Crippen molar-refractivity contribution in [2.45, 2.75) is 13.0 Å². The van der Waals surface area contributed by atoms with E-state index in [1.54, 1.807) is 24.0 Å². The highest BCUT2D eigenvalue weighted by atomic mass is 19.1. The Balaban J connectivity index is 2.50. The quantitative estimate of drug-likeness (QED) is 0.882. The molecule has 0 bridgehead atoms. The van der Waals surface area contributed by atoms with Crippen LogP contribution in [-0.4, -0.2) is 22.0 Å². The fraction of sp³-hybridized carbons (Fsp3) is 0.333. The number of aromatic nitrogens is 3. The predicted octanol–water partition coefficient (Wildman–Crippen LogP) is 1.90. The van der Waals surface area contributed by atoms with E-state index < -0.39 is 0 Å². The third kappa shape index (κ3) is 2.19. The number of halogens is 1. The van der Waals surface area contributed by atoms with Gasteiger partial charge in [0.1, 0.15) is 5.82 Å². The summed E-state index contributed by atoms with van der Waals surface area (Å²) in [6.45, 7) is 2.03. The summed E-state index contributed by atoms with van der Waals surface area (Å²) in [5, 5.41) is 10.7. The van der Waals surface area contributed by atoms with E-state index >= 15 is 0 Å². The molecule has 2 aromatic rings. The van der Waals surface area contributed by atoms with Gasteiger partial charge in [-0.3, -0.25) is 0 Å². The predicted molar refractivity (Wildman–Crippen MR) is 63.9 cm³/mol. The summed E-state index contributed by atoms with van der Waals surface area (Å²) >= 11 is 0. The minimum atomic E-state index is -0.262. The van der Waals surface area contributed by atoms with Crippen LogP contribution in [0.4, 0.5) is 4.39 Å². The summed E-state index contributed by atoms with van der Waals surface area (Å²) in [6, 6.07) is 5.26. The molecular weight excluding hydrogens is 219 g/mol. The SMILES string of the molecule is CNC(C)c1ccc(F)c(-c2cnnn2C)c1. The summed E-state index contributed by atoms with van der Waals surface area (Å²) in [4.78, 5) is 0. The Hall–Kier alpha value is -1.75. The standard InChI is InChI=1S/C12H15FN4/c1-8(14-2)9-4-5-11(13)10(6-9)12-7-15-16-17(12)3/h4-8,14H,1-3H3. The first-order chi connectivity index (χ1) is 8.13. The van der Waals surface area contributed by atoms with Gasteiger partial charge >= 0.3 is 0 Å². The molecule has 1 N–H and O–H groups in total. The molecule has 1 aromatic carbocycles. The van der Waals surface area contributed by atoms with E-state index in [-0.39, 0.29) is 11.9 Å². The summed E-state index contributed by atoms with van der Waals surface area (Å²) in [5.74, 6) is -0.262. The molecule has 2 rings (SSSR count). The fourth-order valence-electron chi connectivity index (χ4n) is 1.71. The Morgan fingerprint density at radius 1 is 1.41 bits per heavy atom. The van der Waals surface area contributed by atoms with Crippen LogP contribution < -0.4 is 5.32 Å². The number of aryl methyl sites for hydroxylation is 1. The fourth-order valence-corrected chi connectivity index (χ4v) is 1.71. The lowest BCUT2D eigenvalue weighted by atomic mass is 10.0. The van der Waals surface area contributed by atoms with E-state index in [9.17, 15) is 4.39 Å². The van der Waals surface area contributed by atoms with Crippen molar-refractivity contribution < 1.29 is 4.39 Å². The molecule has 1 aromatic heterocycles. The average molecular weight is 234 g/mol. The van der Waals surface area contributed by atoms with Gasteiger partial charge in [0.05, 0.1) is 11.9 Å². The monoisotopic (exact) mass is 234 g/mol. The van der Waals surface area contributed by atoms with Crippen LogP contribution in [0.2, 0.25) is 0 Å². The van der Waals surface area contributed by atoms with Gasteiger partial charge in [-0.1, -0.05) is 11.3 Å². The highest BCUT2D eigenvalue weighted by molar-refractivity contribution is 5.60. The Kier molecular flexibility index (Phi) is 3.19. The van der Waals surface area contributed by atoms with Gasteiger partial charge in [0.25, 0.3) is 0 Å². The Morgan fingerprint density at radius 2 is 2.18 bits per heavy atom. The van der Waals surface area contributed by atoms with Crippen molar-refractivity contribution in [1.82, 2.24) is 20.3 Å². The van der Waals surface area contributed by atoms with Gasteiger partial charge in [-0.15, -0.1) is 5.10 Å². The molecule has 1 unspecified atom stereocenters. The molecule has 0 spiro atoms. The van der Waals surface area contributed by atoms with E-state index in [1.165, 1.54) is 6.07 Å². The van der Waals surface area contributed by atoms with Crippen molar-refractivity contribution in [3.05, 3.63) is 35.8 Å². The Bertz CT molecular complexity index is 521. The number of rotatable bonds is 3. The van der Waals surface area contributed by atoms with Crippen molar-refractivity contribution in [2.75, 3.05) is 7.05 Å². The number of hydrogen-bond donors (Lipinski definition) is 1. The molecule has 0 fully saturated rings. The van der Waals surface area contributed by atoms with Crippen molar-refractivity contribution in [3.63, 3.8) is 0 Å². The summed E-state index contributed by atoms with van der Waals surface area (Å²) in [5.41, 5.74) is 2.23. The number of hydrogen-bond acceptors (Lipinski definition) is 3. The molecule has 0 aliphatic carbocycles. The van der Waals surface area contributed by atoms with Crippen LogP contribution in [-0.2, 0) is 7.05 Å². The topological polar surface area (TPSA) is 42.7 Å². The van der Waals surface area contributed by atoms with Gasteiger partial charge in [0, 0.05) is 18.7 Å². The largest absolute Gasteiger partial charge is 0.313 e. The zero-order valence-electron chi connectivity index (χ0n) is 10.1. The van der Waals surface area contributed by atoms with E-state index in [0.717, 1.165) is 5.56 Å². The van der Waals surface area contributed by atoms with Crippen molar-refractivity contribution >= 4 is 0 Å². The number of nitrogens with zero attached hydrogens (tertiary/aromatic N) is 3. The summed E-state index contributed by atoms with van der Waals surface area (Å²) < 4.78 is 15.4. The highest BCUT2D eigenvalue weighted by Crippen LogP contribution is 2.25. The minimum Gasteiger partial charge on any atom is -0.313 e. The molecule has 1 atom stereocenters. The average Bonchev–Trinajstić information content (AvgIpc) is 2.75. The van der Waals surface area contributed by atoms with E-state index in [2.05, 4.69) is 15.6 Å². The second-order valence-electron chi connectivity index (χ2n) is 3.99. The second-order valence-corrected chi connectivity index (χ2v) is 3.99. The first kappa shape index (κ1) is 11.7. The van der Waals surface area contributed by atoms with Gasteiger partial charge < -0.3 is 5.32 Å². The molecule has 0 radical (unpaired) electrons. The molecule has 1 heterocycles. The molecular formula is C12H15FN4. The van der Waals surface area contributed by atoms with Crippen LogP contribution in [0.25, 0.3) is 11.3 Å². The van der Waals surface area contributed by atoms with Gasteiger partial charge in [-0.2, -0.15) is 0 Å². The smallest absolute Gasteiger partial charge is 0.132 e. The maximum atomic E-state index is 13.8. The van der Waals surface area contributed by atoms with Crippen LogP contribution in [0.15, 0.2) is 24.4 Å². The van der Waals surface area contributed by atoms with Crippen LogP contribution in [0.3, 0.4) is 0 Å². The lowest BCUT2D eigenvalue weighted by Gasteiger charge is -2.12. The zero-order chi connectivity index (χ0) is 12.4. The van der Waals surface area contributed by atoms with Crippen LogP contribution in [0.5, 0.6) is 0 Å². The molecule has 90 valence electrons. The highest BCUT2D eigenvalue weighted by Gasteiger charge is 2.12. The third-order valence-electron chi connectivity index (χ3n) is 2.91. The molecule has 17 heavy (non-hydrogen) atoms. The van der Waals surface area contributed by atoms with Crippen molar-refractivity contribution in [1.29, 1.82) is 0 Å². The van der Waals surface area contributed by atoms with Crippen molar-refractivity contribution in [2.24, 2.45) is 7.05 Å². The molecule has 0 amide bonds. The number of nitrogens with one attached hydrogen (secondary N) is 1. The first-order valence-corrected chi connectivity index (χ1v) is 5.45. The Labute approximate surface area is 99.5 Å². The first-order valence-electron chi connectivity index (χ1n) is 5.45. The molecule has 0 aliphatic rings. The summed E-state index contributed by atoms with van der Waals surface area (Å²) in [6.07, 6.45) is 1.56. The van der Waals surface area contributed by atoms with Crippen LogP contribution >= 0.6 is 0 Å². The molecule has 0 saturated heterocycles. The van der Waals surface area contributed by atoms with Crippen molar-refractivity contribution in [3.8, 4) is 11.3 Å². The van der Waals surface area contributed by atoms with Crippen LogP contribution in [0, 0.1) is 5.82 Å². The van der Waals surface area contributed by atoms with Gasteiger partial charge in [-0.25, -0.2) is 9.07 Å². The normalized spacial score (nSPS) is 12.7. The minimum absolute atomic E-state index is 0.176. The van der Waals surface area contributed by atoms with Gasteiger partial charge in [0.15, 0.2) is 0 Å². The van der Waals surface area contributed by atoms with Gasteiger partial charge in [0.2, 0.25) is 0 Å². The van der Waals surface area contributed by atoms with Crippen LogP contribution in [0.1, 0.15) is 18.5 Å². The van der Waals surface area contributed by atoms with E-state index in [4.69, 9.17) is 0 Å². The Morgan fingerprint density at radius 3 is 2.76 bits per heavy atom. The van der Waals surface area contributed by atoms with E-state index in [1.807, 2.05) is 20.0 Å². The third-order valence-corrected chi connectivity index (χ3v) is 2.91. The van der Waals surface area contributed by atoms with Gasteiger partial charge in [-0.05, 0) is 31.7 Å². The van der Waals surface area contributed by atoms with E-state index in [0.29, 0.717) is 11.3 Å².